The number of ether oxygens (including phenoxy) is 1. The molecule has 0 fully saturated rings. The van der Waals surface area contributed by atoms with Gasteiger partial charge in [0.15, 0.2) is 0 Å². The lowest BCUT2D eigenvalue weighted by atomic mass is 10.2. The maximum absolute atomic E-state index is 6.09. The molecule has 0 radical (unpaired) electrons. The Balaban J connectivity index is 2.25. The molecule has 0 saturated heterocycles. The molecule has 0 atom stereocenters. The van der Waals surface area contributed by atoms with Crippen molar-refractivity contribution in [2.24, 2.45) is 5.73 Å². The molecule has 2 aromatic rings. The Labute approximate surface area is 120 Å². The van der Waals surface area contributed by atoms with E-state index in [0.29, 0.717) is 33.1 Å². The van der Waals surface area contributed by atoms with Gasteiger partial charge in [-0.15, -0.1) is 0 Å². The third kappa shape index (κ3) is 3.09. The summed E-state index contributed by atoms with van der Waals surface area (Å²) in [5.74, 6) is 1.12. The summed E-state index contributed by atoms with van der Waals surface area (Å²) in [6.45, 7) is 0.437. The molecule has 2 N–H and O–H groups in total. The molecule has 0 aliphatic rings. The van der Waals surface area contributed by atoms with Crippen molar-refractivity contribution in [3.05, 3.63) is 57.0 Å². The monoisotopic (exact) mass is 301 g/mol. The molecule has 0 unspecified atom stereocenters. The van der Waals surface area contributed by atoms with E-state index in [1.165, 1.54) is 0 Å². The molecule has 0 aliphatic heterocycles. The van der Waals surface area contributed by atoms with Gasteiger partial charge in [-0.3, -0.25) is 0 Å². The average molecular weight is 303 g/mol. The predicted molar refractivity (Wildman–Crippen MR) is 75.9 cm³/mol. The van der Waals surface area contributed by atoms with Crippen LogP contribution in [-0.4, -0.2) is 0 Å². The first-order chi connectivity index (χ1) is 8.60. The molecular weight excluding hydrogens is 293 g/mol. The van der Waals surface area contributed by atoms with Crippen LogP contribution in [0.4, 0.5) is 0 Å². The molecule has 0 saturated carbocycles. The summed E-state index contributed by atoms with van der Waals surface area (Å²) in [4.78, 5) is 0. The molecule has 94 valence electrons. The molecule has 2 nitrogen and oxygen atoms in total. The number of hydrogen-bond donors (Lipinski definition) is 1. The quantitative estimate of drug-likeness (QED) is 0.875. The fourth-order valence-electron chi connectivity index (χ4n) is 1.42. The maximum atomic E-state index is 6.09. The van der Waals surface area contributed by atoms with Gasteiger partial charge < -0.3 is 10.5 Å². The smallest absolute Gasteiger partial charge is 0.146 e. The lowest BCUT2D eigenvalue weighted by molar-refractivity contribution is 0.483. The van der Waals surface area contributed by atoms with Crippen molar-refractivity contribution in [1.29, 1.82) is 0 Å². The Morgan fingerprint density at radius 3 is 2.28 bits per heavy atom. The van der Waals surface area contributed by atoms with Crippen LogP contribution in [0, 0.1) is 0 Å². The number of hydrogen-bond acceptors (Lipinski definition) is 2. The van der Waals surface area contributed by atoms with Crippen molar-refractivity contribution < 1.29 is 4.74 Å². The van der Waals surface area contributed by atoms with Crippen LogP contribution in [0.25, 0.3) is 0 Å². The highest BCUT2D eigenvalue weighted by Crippen LogP contribution is 2.33. The topological polar surface area (TPSA) is 35.2 Å². The highest BCUT2D eigenvalue weighted by atomic mass is 35.5. The van der Waals surface area contributed by atoms with Crippen LogP contribution >= 0.6 is 34.8 Å². The van der Waals surface area contributed by atoms with Gasteiger partial charge in [0.25, 0.3) is 0 Å². The van der Waals surface area contributed by atoms with Crippen molar-refractivity contribution in [2.45, 2.75) is 6.54 Å². The molecule has 2 aromatic carbocycles. The molecule has 0 bridgehead atoms. The maximum Gasteiger partial charge on any atom is 0.146 e. The van der Waals surface area contributed by atoms with Crippen molar-refractivity contribution in [2.75, 3.05) is 0 Å². The largest absolute Gasteiger partial charge is 0.456 e. The Hall–Kier alpha value is -0.930. The van der Waals surface area contributed by atoms with Gasteiger partial charge in [-0.2, -0.15) is 0 Å². The summed E-state index contributed by atoms with van der Waals surface area (Å²) >= 11 is 17.8. The van der Waals surface area contributed by atoms with Crippen LogP contribution in [0.5, 0.6) is 11.5 Å². The third-order valence-electron chi connectivity index (χ3n) is 2.35. The second-order valence-electron chi connectivity index (χ2n) is 3.65. The van der Waals surface area contributed by atoms with E-state index in [2.05, 4.69) is 0 Å². The fraction of sp³-hybridized carbons (Fsp3) is 0.0769. The lowest BCUT2D eigenvalue weighted by Crippen LogP contribution is -1.96. The van der Waals surface area contributed by atoms with E-state index >= 15 is 0 Å². The van der Waals surface area contributed by atoms with Crippen LogP contribution in [-0.2, 0) is 6.54 Å². The molecule has 0 spiro atoms. The van der Waals surface area contributed by atoms with E-state index in [9.17, 15) is 0 Å². The van der Waals surface area contributed by atoms with Crippen molar-refractivity contribution >= 4 is 34.8 Å². The summed E-state index contributed by atoms with van der Waals surface area (Å²) in [6.07, 6.45) is 0. The van der Waals surface area contributed by atoms with Gasteiger partial charge in [0.1, 0.15) is 11.5 Å². The molecule has 2 rings (SSSR count). The van der Waals surface area contributed by atoms with E-state index in [0.717, 1.165) is 5.56 Å². The Morgan fingerprint density at radius 1 is 0.889 bits per heavy atom. The molecule has 5 heteroatoms. The molecule has 0 aliphatic carbocycles. The van der Waals surface area contributed by atoms with Crippen molar-refractivity contribution in [3.8, 4) is 11.5 Å². The van der Waals surface area contributed by atoms with E-state index in [1.54, 1.807) is 30.3 Å². The van der Waals surface area contributed by atoms with Crippen LogP contribution in [0.3, 0.4) is 0 Å². The molecular formula is C13H10Cl3NO. The van der Waals surface area contributed by atoms with Crippen LogP contribution in [0.15, 0.2) is 36.4 Å². The minimum atomic E-state index is 0.434. The second kappa shape index (κ2) is 5.81. The van der Waals surface area contributed by atoms with E-state index < -0.39 is 0 Å². The SMILES string of the molecule is NCc1ccc(Oc2ccc(Cl)c(Cl)c2)c(Cl)c1. The van der Waals surface area contributed by atoms with E-state index in [-0.39, 0.29) is 0 Å². The predicted octanol–water partition coefficient (Wildman–Crippen LogP) is 4.90. The standard InChI is InChI=1S/C13H10Cl3NO/c14-10-3-2-9(6-11(10)15)18-13-4-1-8(7-17)5-12(13)16/h1-6H,7,17H2. The number of nitrogens with two attached hydrogens (primary N) is 1. The minimum Gasteiger partial charge on any atom is -0.456 e. The minimum absolute atomic E-state index is 0.434. The first-order valence-corrected chi connectivity index (χ1v) is 6.35. The average Bonchev–Trinajstić information content (AvgIpc) is 2.36. The molecule has 18 heavy (non-hydrogen) atoms. The van der Waals surface area contributed by atoms with E-state index in [4.69, 9.17) is 45.3 Å². The van der Waals surface area contributed by atoms with Crippen LogP contribution in [0.1, 0.15) is 5.56 Å². The highest BCUT2D eigenvalue weighted by molar-refractivity contribution is 6.42. The Morgan fingerprint density at radius 2 is 1.67 bits per heavy atom. The summed E-state index contributed by atoms with van der Waals surface area (Å²) in [7, 11) is 0. The van der Waals surface area contributed by atoms with Gasteiger partial charge in [0.05, 0.1) is 15.1 Å². The van der Waals surface area contributed by atoms with Gasteiger partial charge in [-0.25, -0.2) is 0 Å². The Bertz CT molecular complexity index is 572. The third-order valence-corrected chi connectivity index (χ3v) is 3.39. The first-order valence-electron chi connectivity index (χ1n) is 5.21. The highest BCUT2D eigenvalue weighted by Gasteiger charge is 2.06. The number of halogens is 3. The normalized spacial score (nSPS) is 10.4. The van der Waals surface area contributed by atoms with Gasteiger partial charge in [-0.05, 0) is 29.8 Å². The summed E-state index contributed by atoms with van der Waals surface area (Å²) < 4.78 is 5.63. The van der Waals surface area contributed by atoms with Gasteiger partial charge in [0.2, 0.25) is 0 Å². The molecule has 0 amide bonds. The summed E-state index contributed by atoms with van der Waals surface area (Å²) in [5, 5.41) is 1.42. The van der Waals surface area contributed by atoms with Gasteiger partial charge in [0, 0.05) is 12.6 Å². The van der Waals surface area contributed by atoms with Crippen LogP contribution < -0.4 is 10.5 Å². The van der Waals surface area contributed by atoms with Crippen molar-refractivity contribution in [3.63, 3.8) is 0 Å². The zero-order chi connectivity index (χ0) is 13.1. The Kier molecular flexibility index (Phi) is 4.36. The summed E-state index contributed by atoms with van der Waals surface area (Å²) in [5.41, 5.74) is 6.47. The zero-order valence-corrected chi connectivity index (χ0v) is 11.6. The number of rotatable bonds is 3. The van der Waals surface area contributed by atoms with Gasteiger partial charge in [-0.1, -0.05) is 40.9 Å². The molecule has 0 aromatic heterocycles. The summed E-state index contributed by atoms with van der Waals surface area (Å²) in [6, 6.07) is 10.4. The zero-order valence-electron chi connectivity index (χ0n) is 9.29. The second-order valence-corrected chi connectivity index (χ2v) is 4.87. The van der Waals surface area contributed by atoms with E-state index in [1.807, 2.05) is 6.07 Å². The first kappa shape index (κ1) is 13.5. The number of benzene rings is 2. The van der Waals surface area contributed by atoms with Crippen LogP contribution in [0.2, 0.25) is 15.1 Å². The molecule has 0 heterocycles. The van der Waals surface area contributed by atoms with Crippen molar-refractivity contribution in [1.82, 2.24) is 0 Å². The fourth-order valence-corrected chi connectivity index (χ4v) is 1.95. The van der Waals surface area contributed by atoms with Gasteiger partial charge >= 0.3 is 0 Å². The lowest BCUT2D eigenvalue weighted by Gasteiger charge is -2.09.